The quantitative estimate of drug-likeness (QED) is 0.0354. The third-order valence-corrected chi connectivity index (χ3v) is 10.2. The second-order valence-electron chi connectivity index (χ2n) is 13.7. The van der Waals surface area contributed by atoms with Crippen LogP contribution in [0.4, 0.5) is 87.8 Å². The summed E-state index contributed by atoms with van der Waals surface area (Å²) < 4.78 is 296. The molecule has 0 spiro atoms. The fraction of sp³-hybridized carbons (Fsp3) is 0.122. The van der Waals surface area contributed by atoms with Crippen LogP contribution < -0.4 is 26.4 Å². The van der Waals surface area contributed by atoms with E-state index in [0.29, 0.717) is 12.5 Å². The predicted octanol–water partition coefficient (Wildman–Crippen LogP) is 9.22. The van der Waals surface area contributed by atoms with Gasteiger partial charge in [-0.25, -0.2) is 87.8 Å². The van der Waals surface area contributed by atoms with Crippen LogP contribution in [0.3, 0.4) is 0 Å². The highest BCUT2D eigenvalue weighted by Gasteiger charge is 2.52. The van der Waals surface area contributed by atoms with E-state index in [2.05, 4.69) is 24.5 Å². The number of aromatic nitrogens is 1. The molecule has 0 bridgehead atoms. The molecule has 338 valence electrons. The minimum atomic E-state index is -7.22. The van der Waals surface area contributed by atoms with Gasteiger partial charge in [-0.1, -0.05) is 50.2 Å². The van der Waals surface area contributed by atoms with E-state index >= 15 is 35.1 Å². The molecule has 0 saturated heterocycles. The zero-order valence-corrected chi connectivity index (χ0v) is 31.7. The lowest BCUT2D eigenvalue weighted by Gasteiger charge is -2.44. The Bertz CT molecular complexity index is 2460. The van der Waals surface area contributed by atoms with Crippen molar-refractivity contribution in [3.63, 3.8) is 0 Å². The average Bonchev–Trinajstić information content (AvgIpc) is 3.29. The van der Waals surface area contributed by atoms with Crippen LogP contribution in [0.2, 0.25) is 0 Å². The molecule has 1 unspecified atom stereocenters. The number of hydrogen-bond donors (Lipinski definition) is 0. The van der Waals surface area contributed by atoms with Crippen molar-refractivity contribution in [3.05, 3.63) is 182 Å². The number of Topliss-reactive ketones (excluding diaryl/α,β-unsaturated/α-hetero) is 1. The predicted molar refractivity (Wildman–Crippen MR) is 185 cm³/mol. The van der Waals surface area contributed by atoms with Gasteiger partial charge in [0, 0.05) is 23.6 Å². The van der Waals surface area contributed by atoms with E-state index in [1.165, 1.54) is 5.69 Å². The minimum Gasteiger partial charge on any atom is -0.287 e. The molecule has 1 atom stereocenters. The van der Waals surface area contributed by atoms with Gasteiger partial charge in [0.1, 0.15) is 52.7 Å². The van der Waals surface area contributed by atoms with Crippen LogP contribution in [0, 0.1) is 116 Å². The molecule has 0 N–H and O–H groups in total. The van der Waals surface area contributed by atoms with Crippen molar-refractivity contribution in [2.75, 3.05) is 0 Å². The van der Waals surface area contributed by atoms with Gasteiger partial charge in [0.2, 0.25) is 12.3 Å². The Morgan fingerprint density at radius 1 is 0.422 bits per heavy atom. The summed E-state index contributed by atoms with van der Waals surface area (Å²) in [7, 11) is 0. The van der Waals surface area contributed by atoms with Gasteiger partial charge in [0.05, 0.1) is 0 Å². The normalized spacial score (nSPS) is 12.0. The molecule has 0 aliphatic carbocycles. The maximum Gasteiger partial charge on any atom is 0.227 e. The van der Waals surface area contributed by atoms with Crippen LogP contribution in [-0.4, -0.2) is 11.9 Å². The number of rotatable bonds is 9. The second-order valence-corrected chi connectivity index (χ2v) is 13.7. The number of hydrogen-bond acceptors (Lipinski definition) is 1. The van der Waals surface area contributed by atoms with Gasteiger partial charge in [-0.2, -0.15) is 4.57 Å². The number of benzene rings is 5. The van der Waals surface area contributed by atoms with Crippen molar-refractivity contribution in [2.45, 2.75) is 32.7 Å². The molecule has 0 aliphatic heterocycles. The smallest absolute Gasteiger partial charge is 0.227 e. The molecule has 0 saturated carbocycles. The molecule has 0 fully saturated rings. The highest BCUT2D eigenvalue weighted by molar-refractivity contribution is 7.20. The first kappa shape index (κ1) is 48.6. The summed E-state index contributed by atoms with van der Waals surface area (Å²) in [6, 6.07) is 15.6. The molecule has 0 radical (unpaired) electrons. The summed E-state index contributed by atoms with van der Waals surface area (Å²) >= 11 is 0. The van der Waals surface area contributed by atoms with E-state index in [9.17, 15) is 57.5 Å². The van der Waals surface area contributed by atoms with Crippen molar-refractivity contribution in [1.29, 1.82) is 0 Å². The van der Waals surface area contributed by atoms with Gasteiger partial charge in [0.15, 0.2) is 81.7 Å². The number of nitrogens with zero attached hydrogens (tertiary/aromatic N) is 1. The second kappa shape index (κ2) is 18.4. The number of pyridine rings is 1. The molecule has 2 nitrogen and oxygen atoms in total. The third kappa shape index (κ3) is 7.71. The Balaban J connectivity index is 0.000000337. The van der Waals surface area contributed by atoms with Gasteiger partial charge in [-0.3, -0.25) is 4.79 Å². The maximum atomic E-state index is 15.4. The largest absolute Gasteiger partial charge is 0.287 e. The molecule has 6 rings (SSSR count). The molecule has 0 amide bonds. The molecule has 6 aromatic rings. The molecule has 64 heavy (non-hydrogen) atoms. The summed E-state index contributed by atoms with van der Waals surface area (Å²) in [5.74, 6) is -70.8. The monoisotopic (exact) mass is 933 g/mol. The van der Waals surface area contributed by atoms with Crippen molar-refractivity contribution in [2.24, 2.45) is 0 Å². The third-order valence-electron chi connectivity index (χ3n) is 10.2. The Hall–Kier alpha value is -6.42. The molecule has 23 heteroatoms. The first-order valence-corrected chi connectivity index (χ1v) is 17.7. The number of carbonyl (C=O) groups excluding carboxylic acids is 1. The van der Waals surface area contributed by atoms with E-state index in [1.807, 2.05) is 48.7 Å². The van der Waals surface area contributed by atoms with Crippen LogP contribution in [0.1, 0.15) is 42.2 Å². The lowest BCUT2D eigenvalue weighted by Crippen LogP contribution is -2.81. The maximum absolute atomic E-state index is 15.4. The van der Waals surface area contributed by atoms with Crippen LogP contribution in [0.15, 0.2) is 54.7 Å². The highest BCUT2D eigenvalue weighted by atomic mass is 19.2. The Morgan fingerprint density at radius 3 is 0.969 bits per heavy atom. The van der Waals surface area contributed by atoms with Gasteiger partial charge in [-0.05, 0) is 6.42 Å². The SMILES string of the molecule is CCC(C)c1cccc[n+]1CC(=O)c1ccccc1.Fc1c(F)c(F)c([B-](c2c(F)c(F)c(F)c(F)c2F)(c2c(F)c(F)c(F)c(F)c2F)c2c(F)c(F)c(F)c(F)c2F)c(F)c1F. The summed E-state index contributed by atoms with van der Waals surface area (Å²) in [4.78, 5) is 12.3. The first-order chi connectivity index (χ1) is 29.9. The van der Waals surface area contributed by atoms with Crippen molar-refractivity contribution < 1.29 is 97.2 Å². The summed E-state index contributed by atoms with van der Waals surface area (Å²) in [5, 5.41) is 0. The lowest BCUT2D eigenvalue weighted by molar-refractivity contribution is -0.691. The average molecular weight is 933 g/mol. The van der Waals surface area contributed by atoms with Crippen LogP contribution in [-0.2, 0) is 6.54 Å². The molecule has 5 aromatic carbocycles. The summed E-state index contributed by atoms with van der Waals surface area (Å²) in [6.07, 6.45) is -4.16. The van der Waals surface area contributed by atoms with Crippen molar-refractivity contribution in [1.82, 2.24) is 0 Å². The zero-order chi connectivity index (χ0) is 48.0. The standard InChI is InChI=1S/C24BF20.C17H20NO/c26-5-1(6(27)14(35)21(42)13(5)34)25(2-7(28)15(36)22(43)16(37)8(2)29,3-9(30)17(38)23(44)18(39)10(3)31)4-11(32)19(40)24(45)20(41)12(4)33;1-3-14(2)16-11-7-8-12-18(16)13-17(19)15-9-5-4-6-10-15/h;4-12,14H,3,13H2,1-2H3/q-1;+1. The van der Waals surface area contributed by atoms with Gasteiger partial charge in [0.25, 0.3) is 0 Å². The fourth-order valence-electron chi connectivity index (χ4n) is 7.03. The number of ketones is 1. The summed E-state index contributed by atoms with van der Waals surface area (Å²) in [5.41, 5.74) is -12.3. The molecule has 0 aliphatic rings. The van der Waals surface area contributed by atoms with Gasteiger partial charge >= 0.3 is 0 Å². The molecule has 1 aromatic heterocycles. The molecule has 1 heterocycles. The van der Waals surface area contributed by atoms with Crippen LogP contribution in [0.5, 0.6) is 0 Å². The van der Waals surface area contributed by atoms with Crippen molar-refractivity contribution >= 4 is 33.8 Å². The Labute approximate surface area is 345 Å². The topological polar surface area (TPSA) is 20.9 Å². The molecular weight excluding hydrogens is 913 g/mol. The van der Waals surface area contributed by atoms with Crippen molar-refractivity contribution in [3.8, 4) is 0 Å². The fourth-order valence-corrected chi connectivity index (χ4v) is 7.03. The van der Waals surface area contributed by atoms with Gasteiger partial charge < -0.3 is 0 Å². The zero-order valence-electron chi connectivity index (χ0n) is 31.7. The van der Waals surface area contributed by atoms with E-state index in [1.54, 1.807) is 0 Å². The van der Waals surface area contributed by atoms with Gasteiger partial charge in [-0.15, -0.1) is 21.9 Å². The number of carbonyl (C=O) groups is 1. The summed E-state index contributed by atoms with van der Waals surface area (Å²) in [6.45, 7) is 4.77. The Kier molecular flexibility index (Phi) is 13.9. The van der Waals surface area contributed by atoms with E-state index in [-0.39, 0.29) is 5.78 Å². The lowest BCUT2D eigenvalue weighted by atomic mass is 9.12. The Morgan fingerprint density at radius 2 is 0.688 bits per heavy atom. The van der Waals surface area contributed by atoms with E-state index < -0.39 is 144 Å². The van der Waals surface area contributed by atoms with Crippen LogP contribution in [0.25, 0.3) is 0 Å². The van der Waals surface area contributed by atoms with E-state index in [4.69, 9.17) is 0 Å². The van der Waals surface area contributed by atoms with E-state index in [0.717, 1.165) is 12.0 Å². The van der Waals surface area contributed by atoms with Crippen LogP contribution >= 0.6 is 0 Å². The first-order valence-electron chi connectivity index (χ1n) is 17.7. The molecular formula is C41H20BF20NO. The minimum absolute atomic E-state index is 0.154. The number of halogens is 20. The highest BCUT2D eigenvalue weighted by Crippen LogP contribution is 2.31.